The zero-order valence-corrected chi connectivity index (χ0v) is 45.3. The molecule has 6 aromatic rings. The van der Waals surface area contributed by atoms with Gasteiger partial charge < -0.3 is 25.1 Å². The lowest BCUT2D eigenvalue weighted by atomic mass is 9.76. The maximum Gasteiger partial charge on any atom is 0.234 e. The van der Waals surface area contributed by atoms with E-state index in [9.17, 15) is 28.7 Å². The Hall–Kier alpha value is -6.43. The first-order valence-electron chi connectivity index (χ1n) is 27.3. The van der Waals surface area contributed by atoms with Gasteiger partial charge in [0.25, 0.3) is 0 Å². The van der Waals surface area contributed by atoms with Crippen molar-refractivity contribution in [2.75, 3.05) is 62.2 Å². The molecular weight excluding hydrogens is 980 g/mol. The Morgan fingerprint density at radius 2 is 1.64 bits per heavy atom. The number of benzene rings is 2. The molecule has 15 nitrogen and oxygen atoms in total. The molecular formula is C59H73FN10O5S. The van der Waals surface area contributed by atoms with E-state index in [-0.39, 0.29) is 61.0 Å². The number of Topliss-reactive ketones (excluding diaryl/α,β-unsaturated/α-hetero) is 2. The van der Waals surface area contributed by atoms with Gasteiger partial charge in [0.2, 0.25) is 11.8 Å². The van der Waals surface area contributed by atoms with Crippen LogP contribution in [0.1, 0.15) is 114 Å². The Labute approximate surface area is 449 Å². The van der Waals surface area contributed by atoms with Gasteiger partial charge in [0.1, 0.15) is 28.9 Å². The Balaban J connectivity index is 0.659. The van der Waals surface area contributed by atoms with Crippen molar-refractivity contribution in [1.82, 2.24) is 39.7 Å². The third-order valence-corrected chi connectivity index (χ3v) is 16.5. The number of unbranched alkanes of at least 4 members (excludes halogenated alkanes) is 4. The number of piperazine rings is 1. The highest BCUT2D eigenvalue weighted by Crippen LogP contribution is 2.37. The number of aliphatic hydroxyl groups is 1. The summed E-state index contributed by atoms with van der Waals surface area (Å²) in [6, 6.07) is 24.3. The number of pyridine rings is 1. The maximum absolute atomic E-state index is 14.2. The number of anilines is 2. The second-order valence-electron chi connectivity index (χ2n) is 22.0. The van der Waals surface area contributed by atoms with Crippen LogP contribution in [-0.4, -0.2) is 127 Å². The summed E-state index contributed by atoms with van der Waals surface area (Å²) >= 11 is 1.60. The van der Waals surface area contributed by atoms with E-state index in [0.717, 1.165) is 134 Å². The normalized spacial score (nSPS) is 18.7. The van der Waals surface area contributed by atoms with Crippen molar-refractivity contribution in [3.8, 4) is 21.8 Å². The number of nitrogens with zero attached hydrogens (tertiary/aromatic N) is 9. The lowest BCUT2D eigenvalue weighted by Crippen LogP contribution is -2.49. The average Bonchev–Trinajstić information content (AvgIpc) is 4.25. The number of rotatable bonds is 22. The van der Waals surface area contributed by atoms with Gasteiger partial charge in [0, 0.05) is 77.4 Å². The fourth-order valence-corrected chi connectivity index (χ4v) is 11.9. The number of hydrogen-bond donors (Lipinski definition) is 2. The minimum Gasteiger partial charge on any atom is -0.391 e. The summed E-state index contributed by atoms with van der Waals surface area (Å²) in [7, 11) is 0. The molecule has 0 radical (unpaired) electrons. The smallest absolute Gasteiger partial charge is 0.234 e. The van der Waals surface area contributed by atoms with Crippen LogP contribution in [0.5, 0.6) is 0 Å². The van der Waals surface area contributed by atoms with Gasteiger partial charge in [-0.15, -0.1) is 16.4 Å². The van der Waals surface area contributed by atoms with Crippen molar-refractivity contribution in [2.45, 2.75) is 123 Å². The van der Waals surface area contributed by atoms with Crippen LogP contribution in [0.25, 0.3) is 27.5 Å². The lowest BCUT2D eigenvalue weighted by molar-refractivity contribution is -0.145. The molecule has 9 rings (SSSR count). The highest BCUT2D eigenvalue weighted by Gasteiger charge is 2.44. The SMILES string of the molecule is Cc1ncsc1-c1ccc(CCC(=O)[C@@H]2C[C@@H](O)CN2C(=O)[C@@H](CC(=O)CCCCCCCNC(=O)CN2CCN(c3cccc(-c4cnc5ccc(N6CCC[C@@H]6c6cccc(F)c6)nn45)n3)CC2)C(C)(C)C)cc1. The largest absolute Gasteiger partial charge is 0.391 e. The Morgan fingerprint density at radius 1 is 0.868 bits per heavy atom. The van der Waals surface area contributed by atoms with E-state index in [1.54, 1.807) is 34.6 Å². The van der Waals surface area contributed by atoms with Gasteiger partial charge in [-0.2, -0.15) is 0 Å². The number of ketones is 2. The first-order valence-corrected chi connectivity index (χ1v) is 28.2. The van der Waals surface area contributed by atoms with Crippen LogP contribution in [0.3, 0.4) is 0 Å². The number of fused-ring (bicyclic) bond motifs is 1. The van der Waals surface area contributed by atoms with E-state index in [1.807, 2.05) is 86.3 Å². The number of carbonyl (C=O) groups excluding carboxylic acids is 4. The van der Waals surface area contributed by atoms with Gasteiger partial charge in [0.15, 0.2) is 11.4 Å². The molecule has 0 unspecified atom stereocenters. The standard InChI is InChI=1S/C59H73FN10O5S/c1-40-57(76-39-63-40)42-22-19-41(20-23-42)21-24-52(73)50-35-46(72)37-69(50)58(75)47(59(2,3)4)34-45(71)15-8-6-5-7-9-27-61-56(74)38-66-29-31-67(32-30-66)54-18-11-16-48(64-54)51-36-62-53-25-26-55(65-70(51)53)68-28-12-17-49(68)43-13-10-14-44(60)33-43/h10-11,13-14,16,18-20,22-23,25-26,33,36,39,46-47,49-50,72H,5-9,12,15,17,21,24,27-32,34-35,37-38H2,1-4H3,(H,61,74)/t46-,47-,49-,50+/m1/s1. The number of aromatic nitrogens is 5. The van der Waals surface area contributed by atoms with E-state index in [2.05, 4.69) is 42.1 Å². The van der Waals surface area contributed by atoms with Gasteiger partial charge in [-0.05, 0) is 97.5 Å². The first-order chi connectivity index (χ1) is 36.7. The van der Waals surface area contributed by atoms with Gasteiger partial charge in [-0.1, -0.05) is 82.5 Å². The third kappa shape index (κ3) is 13.4. The van der Waals surface area contributed by atoms with Crippen LogP contribution in [0, 0.1) is 24.1 Å². The van der Waals surface area contributed by atoms with Crippen molar-refractivity contribution in [1.29, 1.82) is 0 Å². The summed E-state index contributed by atoms with van der Waals surface area (Å²) in [6.07, 6.45) is 8.81. The highest BCUT2D eigenvalue weighted by molar-refractivity contribution is 7.13. The molecule has 402 valence electrons. The monoisotopic (exact) mass is 1050 g/mol. The van der Waals surface area contributed by atoms with E-state index in [4.69, 9.17) is 10.1 Å². The number of hydrogen-bond acceptors (Lipinski definition) is 13. The average molecular weight is 1050 g/mol. The van der Waals surface area contributed by atoms with Crippen LogP contribution >= 0.6 is 11.3 Å². The Bertz CT molecular complexity index is 2970. The predicted molar refractivity (Wildman–Crippen MR) is 296 cm³/mol. The van der Waals surface area contributed by atoms with E-state index >= 15 is 0 Å². The van der Waals surface area contributed by atoms with Crippen molar-refractivity contribution in [2.24, 2.45) is 11.3 Å². The highest BCUT2D eigenvalue weighted by atomic mass is 32.1. The quantitative estimate of drug-likeness (QED) is 0.0620. The molecule has 3 aliphatic heterocycles. The topological polar surface area (TPSA) is 169 Å². The summed E-state index contributed by atoms with van der Waals surface area (Å²) in [5, 5.41) is 18.8. The first kappa shape index (κ1) is 54.4. The number of amides is 2. The number of carbonyl (C=O) groups is 4. The summed E-state index contributed by atoms with van der Waals surface area (Å²) in [4.78, 5) is 77.4. The fourth-order valence-electron chi connectivity index (χ4n) is 11.1. The van der Waals surface area contributed by atoms with Gasteiger partial charge in [-0.25, -0.2) is 23.9 Å². The van der Waals surface area contributed by atoms with Crippen LogP contribution in [-0.2, 0) is 25.6 Å². The molecule has 3 saturated heterocycles. The van der Waals surface area contributed by atoms with Crippen LogP contribution in [0.15, 0.2) is 90.6 Å². The van der Waals surface area contributed by atoms with Crippen LogP contribution in [0.2, 0.25) is 0 Å². The fraction of sp³-hybridized carbons (Fsp3) is 0.492. The summed E-state index contributed by atoms with van der Waals surface area (Å²) < 4.78 is 16.0. The minimum absolute atomic E-state index is 0.0149. The summed E-state index contributed by atoms with van der Waals surface area (Å²) in [6.45, 7) is 12.7. The second kappa shape index (κ2) is 24.7. The third-order valence-electron chi connectivity index (χ3n) is 15.5. The number of aryl methyl sites for hydroxylation is 2. The molecule has 4 aromatic heterocycles. The number of β-amino-alcohol motifs (C(OH)–C–C–N with tert-alkyl or cyclic N) is 1. The summed E-state index contributed by atoms with van der Waals surface area (Å²) in [5.41, 5.74) is 7.68. The number of thiazole rings is 1. The number of likely N-dealkylation sites (tertiary alicyclic amines) is 1. The van der Waals surface area contributed by atoms with Gasteiger partial charge in [-0.3, -0.25) is 24.1 Å². The molecule has 4 atom stereocenters. The molecule has 3 aliphatic rings. The second-order valence-corrected chi connectivity index (χ2v) is 22.9. The minimum atomic E-state index is -0.780. The lowest BCUT2D eigenvalue weighted by Gasteiger charge is -2.35. The van der Waals surface area contributed by atoms with Gasteiger partial charge >= 0.3 is 0 Å². The van der Waals surface area contributed by atoms with Gasteiger partial charge in [0.05, 0.1) is 52.7 Å². The molecule has 76 heavy (non-hydrogen) atoms. The zero-order valence-electron chi connectivity index (χ0n) is 44.5. The molecule has 2 aromatic carbocycles. The van der Waals surface area contributed by atoms with Crippen molar-refractivity contribution >= 4 is 52.0 Å². The van der Waals surface area contributed by atoms with E-state index < -0.39 is 23.5 Å². The molecule has 0 saturated carbocycles. The zero-order chi connectivity index (χ0) is 53.3. The number of nitrogens with one attached hydrogen (secondary N) is 1. The molecule has 17 heteroatoms. The Morgan fingerprint density at radius 3 is 2.41 bits per heavy atom. The molecule has 2 amide bonds. The van der Waals surface area contributed by atoms with Crippen LogP contribution < -0.4 is 15.1 Å². The molecule has 3 fully saturated rings. The van der Waals surface area contributed by atoms with Crippen molar-refractivity contribution < 1.29 is 28.7 Å². The van der Waals surface area contributed by atoms with Crippen molar-refractivity contribution in [3.63, 3.8) is 0 Å². The molecule has 0 spiro atoms. The molecule has 7 heterocycles. The number of halogens is 1. The molecule has 0 bridgehead atoms. The Kier molecular flexibility index (Phi) is 17.7. The maximum atomic E-state index is 14.2. The van der Waals surface area contributed by atoms with E-state index in [0.29, 0.717) is 25.9 Å². The number of imidazole rings is 1. The number of aliphatic hydroxyl groups excluding tert-OH is 1. The molecule has 2 N–H and O–H groups in total. The summed E-state index contributed by atoms with van der Waals surface area (Å²) in [5.74, 6) is 0.606. The van der Waals surface area contributed by atoms with E-state index in [1.165, 1.54) is 6.07 Å². The predicted octanol–water partition coefficient (Wildman–Crippen LogP) is 9.07. The van der Waals surface area contributed by atoms with Crippen LogP contribution in [0.4, 0.5) is 16.0 Å². The van der Waals surface area contributed by atoms with Crippen molar-refractivity contribution in [3.05, 3.63) is 113 Å². The molecule has 0 aliphatic carbocycles.